The van der Waals surface area contributed by atoms with Crippen LogP contribution < -0.4 is 15.6 Å². The van der Waals surface area contributed by atoms with Gasteiger partial charge in [0.05, 0.1) is 12.9 Å². The molecule has 2 rings (SSSR count). The van der Waals surface area contributed by atoms with Gasteiger partial charge < -0.3 is 15.0 Å². The second-order valence-electron chi connectivity index (χ2n) is 2.90. The highest BCUT2D eigenvalue weighted by atomic mass is 32.1. The van der Waals surface area contributed by atoms with Gasteiger partial charge in [-0.2, -0.15) is 4.98 Å². The molecule has 84 valence electrons. The Balaban J connectivity index is 2.25. The van der Waals surface area contributed by atoms with E-state index in [1.54, 1.807) is 0 Å². The number of aromatic amines is 2. The highest BCUT2D eigenvalue weighted by Crippen LogP contribution is 2.01. The third-order valence-corrected chi connectivity index (χ3v) is 2.09. The van der Waals surface area contributed by atoms with E-state index in [-0.39, 0.29) is 29.6 Å². The molecule has 0 aliphatic heterocycles. The van der Waals surface area contributed by atoms with Crippen LogP contribution in [0, 0.1) is 0 Å². The van der Waals surface area contributed by atoms with Crippen molar-refractivity contribution in [3.05, 3.63) is 16.7 Å². The predicted octanol–water partition coefficient (Wildman–Crippen LogP) is -0.981. The van der Waals surface area contributed by atoms with E-state index in [2.05, 4.69) is 42.8 Å². The quantitative estimate of drug-likeness (QED) is 0.442. The molecule has 0 radical (unpaired) electrons. The number of nitrogens with zero attached hydrogens (tertiary/aromatic N) is 2. The standard InChI is InChI=1S/C7H8N6O2S/c14-3(13-16)1-8-7-11-5-4(6(15)12-7)9-2-10-5/h2,16H,1H2,(H,13,14)(H3,8,9,10,11,12,15). The van der Waals surface area contributed by atoms with Crippen LogP contribution in [0.3, 0.4) is 0 Å². The summed E-state index contributed by atoms with van der Waals surface area (Å²) in [5.74, 6) is -0.158. The molecule has 16 heavy (non-hydrogen) atoms. The summed E-state index contributed by atoms with van der Waals surface area (Å²) in [5.41, 5.74) is 0.234. The number of hydrogen-bond acceptors (Lipinski definition) is 6. The maximum atomic E-state index is 11.5. The fourth-order valence-corrected chi connectivity index (χ4v) is 1.21. The molecule has 0 aliphatic carbocycles. The second-order valence-corrected chi connectivity index (χ2v) is 3.13. The third-order valence-electron chi connectivity index (χ3n) is 1.84. The molecule has 2 aromatic rings. The van der Waals surface area contributed by atoms with Crippen LogP contribution in [0.1, 0.15) is 0 Å². The van der Waals surface area contributed by atoms with E-state index in [9.17, 15) is 9.59 Å². The van der Waals surface area contributed by atoms with Crippen LogP contribution in [0.5, 0.6) is 0 Å². The summed E-state index contributed by atoms with van der Waals surface area (Å²) in [6.07, 6.45) is 1.37. The summed E-state index contributed by atoms with van der Waals surface area (Å²) in [7, 11) is 0. The first-order chi connectivity index (χ1) is 7.70. The number of rotatable bonds is 3. The first-order valence-electron chi connectivity index (χ1n) is 4.31. The van der Waals surface area contributed by atoms with Gasteiger partial charge in [-0.15, -0.1) is 0 Å². The van der Waals surface area contributed by atoms with Crippen molar-refractivity contribution in [2.75, 3.05) is 11.9 Å². The largest absolute Gasteiger partial charge is 0.347 e. The molecule has 0 aliphatic rings. The molecular weight excluding hydrogens is 232 g/mol. The molecule has 0 aromatic carbocycles. The number of carbonyl (C=O) groups excluding carboxylic acids is 1. The average Bonchev–Trinajstić information content (AvgIpc) is 2.74. The van der Waals surface area contributed by atoms with Gasteiger partial charge >= 0.3 is 0 Å². The summed E-state index contributed by atoms with van der Waals surface area (Å²) < 4.78 is 2.13. The zero-order valence-electron chi connectivity index (χ0n) is 7.94. The SMILES string of the molecule is O=C(CNc1nc2nc[nH]c2c(=O)[nH]1)NS. The van der Waals surface area contributed by atoms with Crippen molar-refractivity contribution in [3.63, 3.8) is 0 Å². The van der Waals surface area contributed by atoms with Gasteiger partial charge in [-0.25, -0.2) is 4.98 Å². The van der Waals surface area contributed by atoms with Crippen LogP contribution in [0.25, 0.3) is 11.2 Å². The first kappa shape index (κ1) is 10.5. The van der Waals surface area contributed by atoms with Gasteiger partial charge in [-0.3, -0.25) is 14.6 Å². The zero-order chi connectivity index (χ0) is 11.5. The number of aromatic nitrogens is 4. The average molecular weight is 240 g/mol. The van der Waals surface area contributed by atoms with Gasteiger partial charge in [0.2, 0.25) is 11.9 Å². The molecule has 2 aromatic heterocycles. The van der Waals surface area contributed by atoms with Crippen molar-refractivity contribution in [1.82, 2.24) is 24.7 Å². The van der Waals surface area contributed by atoms with Crippen LogP contribution >= 0.6 is 12.8 Å². The van der Waals surface area contributed by atoms with Crippen molar-refractivity contribution in [2.24, 2.45) is 0 Å². The fourth-order valence-electron chi connectivity index (χ4n) is 1.13. The number of anilines is 1. The van der Waals surface area contributed by atoms with Crippen LogP contribution in [0.15, 0.2) is 11.1 Å². The van der Waals surface area contributed by atoms with E-state index in [0.29, 0.717) is 5.52 Å². The Morgan fingerprint density at radius 2 is 2.38 bits per heavy atom. The Labute approximate surface area is 94.4 Å². The highest BCUT2D eigenvalue weighted by molar-refractivity contribution is 7.78. The van der Waals surface area contributed by atoms with Gasteiger partial charge in [0.1, 0.15) is 0 Å². The number of imidazole rings is 1. The monoisotopic (exact) mass is 240 g/mol. The Morgan fingerprint density at radius 1 is 1.56 bits per heavy atom. The lowest BCUT2D eigenvalue weighted by Gasteiger charge is -2.02. The van der Waals surface area contributed by atoms with Crippen LogP contribution in [-0.4, -0.2) is 32.4 Å². The molecular formula is C7H8N6O2S. The molecule has 4 N–H and O–H groups in total. The number of nitrogens with one attached hydrogen (secondary N) is 4. The number of thiol groups is 1. The Kier molecular flexibility index (Phi) is 2.77. The number of hydrogen-bond donors (Lipinski definition) is 5. The lowest BCUT2D eigenvalue weighted by atomic mass is 10.5. The van der Waals surface area contributed by atoms with E-state index < -0.39 is 0 Å². The third kappa shape index (κ3) is 1.98. The van der Waals surface area contributed by atoms with E-state index in [4.69, 9.17) is 0 Å². The number of H-pyrrole nitrogens is 2. The molecule has 8 nitrogen and oxygen atoms in total. The molecule has 0 spiro atoms. The Morgan fingerprint density at radius 3 is 3.12 bits per heavy atom. The maximum absolute atomic E-state index is 11.5. The minimum absolute atomic E-state index is 0.0393. The molecule has 0 atom stereocenters. The number of amides is 1. The summed E-state index contributed by atoms with van der Waals surface area (Å²) in [6, 6.07) is 0. The lowest BCUT2D eigenvalue weighted by Crippen LogP contribution is -2.24. The second kappa shape index (κ2) is 4.23. The van der Waals surface area contributed by atoms with Gasteiger partial charge in [-0.1, -0.05) is 12.8 Å². The summed E-state index contributed by atoms with van der Waals surface area (Å²) in [6.45, 7) is -0.0393. The fraction of sp³-hybridized carbons (Fsp3) is 0.143. The smallest absolute Gasteiger partial charge is 0.278 e. The Hall–Kier alpha value is -2.03. The van der Waals surface area contributed by atoms with Crippen molar-refractivity contribution < 1.29 is 4.79 Å². The number of carbonyl (C=O) groups is 1. The molecule has 0 unspecified atom stereocenters. The minimum atomic E-state index is -0.351. The number of fused-ring (bicyclic) bond motifs is 1. The van der Waals surface area contributed by atoms with Gasteiger partial charge in [-0.05, 0) is 0 Å². The van der Waals surface area contributed by atoms with Gasteiger partial charge in [0.25, 0.3) is 5.56 Å². The zero-order valence-corrected chi connectivity index (χ0v) is 8.84. The summed E-state index contributed by atoms with van der Waals surface area (Å²) in [5, 5.41) is 2.64. The topological polar surface area (TPSA) is 116 Å². The van der Waals surface area contributed by atoms with Crippen LogP contribution in [0.2, 0.25) is 0 Å². The molecule has 0 saturated carbocycles. The van der Waals surface area contributed by atoms with E-state index >= 15 is 0 Å². The normalized spacial score (nSPS) is 10.3. The highest BCUT2D eigenvalue weighted by Gasteiger charge is 2.06. The van der Waals surface area contributed by atoms with E-state index in [1.165, 1.54) is 6.33 Å². The molecule has 2 heterocycles. The molecule has 0 fully saturated rings. The van der Waals surface area contributed by atoms with Crippen molar-refractivity contribution >= 4 is 35.8 Å². The van der Waals surface area contributed by atoms with Crippen LogP contribution in [0.4, 0.5) is 5.95 Å². The van der Waals surface area contributed by atoms with Gasteiger partial charge in [0.15, 0.2) is 11.2 Å². The molecule has 9 heteroatoms. The van der Waals surface area contributed by atoms with Crippen molar-refractivity contribution in [2.45, 2.75) is 0 Å². The predicted molar refractivity (Wildman–Crippen MR) is 60.1 cm³/mol. The van der Waals surface area contributed by atoms with E-state index in [0.717, 1.165) is 0 Å². The van der Waals surface area contributed by atoms with E-state index in [1.807, 2.05) is 0 Å². The molecule has 0 saturated heterocycles. The van der Waals surface area contributed by atoms with Crippen LogP contribution in [-0.2, 0) is 4.79 Å². The van der Waals surface area contributed by atoms with Gasteiger partial charge in [0, 0.05) is 0 Å². The maximum Gasteiger partial charge on any atom is 0.278 e. The van der Waals surface area contributed by atoms with Crippen molar-refractivity contribution in [3.8, 4) is 0 Å². The minimum Gasteiger partial charge on any atom is -0.347 e. The Bertz CT molecular complexity index is 576. The lowest BCUT2D eigenvalue weighted by molar-refractivity contribution is -0.117. The first-order valence-corrected chi connectivity index (χ1v) is 4.75. The summed E-state index contributed by atoms with van der Waals surface area (Å²) >= 11 is 3.58. The summed E-state index contributed by atoms with van der Waals surface area (Å²) in [4.78, 5) is 35.3. The van der Waals surface area contributed by atoms with Crippen molar-refractivity contribution in [1.29, 1.82) is 0 Å². The molecule has 1 amide bonds. The molecule has 0 bridgehead atoms.